The van der Waals surface area contributed by atoms with E-state index in [-0.39, 0.29) is 17.3 Å². The molecule has 0 unspecified atom stereocenters. The summed E-state index contributed by atoms with van der Waals surface area (Å²) in [5.41, 5.74) is 6.56. The zero-order chi connectivity index (χ0) is 17.8. The number of amides is 2. The van der Waals surface area contributed by atoms with Crippen molar-refractivity contribution < 1.29 is 14.3 Å². The highest BCUT2D eigenvalue weighted by atomic mass is 16.5. The van der Waals surface area contributed by atoms with Gasteiger partial charge in [0.25, 0.3) is 11.8 Å². The van der Waals surface area contributed by atoms with Gasteiger partial charge in [-0.2, -0.15) is 5.10 Å². The molecule has 1 fully saturated rings. The van der Waals surface area contributed by atoms with Crippen LogP contribution in [0.25, 0.3) is 5.69 Å². The Kier molecular flexibility index (Phi) is 5.14. The number of hydrogen-bond acceptors (Lipinski definition) is 4. The molecule has 3 rings (SSSR count). The van der Waals surface area contributed by atoms with Crippen LogP contribution >= 0.6 is 0 Å². The van der Waals surface area contributed by atoms with Gasteiger partial charge in [0, 0.05) is 31.7 Å². The Morgan fingerprint density at radius 2 is 2.12 bits per heavy atom. The van der Waals surface area contributed by atoms with E-state index in [0.29, 0.717) is 31.3 Å². The molecule has 0 spiro atoms. The lowest BCUT2D eigenvalue weighted by atomic mass is 10.1. The molecule has 1 aromatic carbocycles. The fourth-order valence-electron chi connectivity index (χ4n) is 2.98. The van der Waals surface area contributed by atoms with Crippen molar-refractivity contribution >= 4 is 11.8 Å². The van der Waals surface area contributed by atoms with Crippen LogP contribution in [0.1, 0.15) is 34.3 Å². The highest BCUT2D eigenvalue weighted by molar-refractivity contribution is 5.97. The average Bonchev–Trinajstić information content (AvgIpc) is 3.29. The Labute approximate surface area is 146 Å². The highest BCUT2D eigenvalue weighted by Crippen LogP contribution is 2.17. The van der Waals surface area contributed by atoms with Crippen molar-refractivity contribution in [2.45, 2.75) is 13.3 Å². The maximum Gasteiger partial charge on any atom is 0.274 e. The normalized spacial score (nSPS) is 16.8. The summed E-state index contributed by atoms with van der Waals surface area (Å²) in [5.74, 6) is -0.482. The molecule has 7 heteroatoms. The summed E-state index contributed by atoms with van der Waals surface area (Å²) < 4.78 is 6.80. The maximum absolute atomic E-state index is 12.8. The molecule has 1 aliphatic rings. The third-order valence-electron chi connectivity index (χ3n) is 4.35. The summed E-state index contributed by atoms with van der Waals surface area (Å²) in [6.07, 6.45) is 0.953. The van der Waals surface area contributed by atoms with Gasteiger partial charge in [-0.25, -0.2) is 4.68 Å². The van der Waals surface area contributed by atoms with Gasteiger partial charge in [0.1, 0.15) is 5.69 Å². The smallest absolute Gasteiger partial charge is 0.274 e. The zero-order valence-corrected chi connectivity index (χ0v) is 14.2. The first kappa shape index (κ1) is 17.2. The quantitative estimate of drug-likeness (QED) is 0.861. The van der Waals surface area contributed by atoms with E-state index in [2.05, 4.69) is 5.10 Å². The summed E-state index contributed by atoms with van der Waals surface area (Å²) in [6.45, 7) is 4.54. The number of nitrogens with zero attached hydrogens (tertiary/aromatic N) is 3. The minimum absolute atomic E-state index is 0.190. The van der Waals surface area contributed by atoms with Crippen molar-refractivity contribution in [2.24, 2.45) is 11.7 Å². The van der Waals surface area contributed by atoms with Gasteiger partial charge in [-0.1, -0.05) is 18.2 Å². The fraction of sp³-hybridized carbons (Fsp3) is 0.389. The molecule has 7 nitrogen and oxygen atoms in total. The van der Waals surface area contributed by atoms with Crippen LogP contribution in [0.2, 0.25) is 0 Å². The van der Waals surface area contributed by atoms with E-state index in [9.17, 15) is 9.59 Å². The first-order chi connectivity index (χ1) is 12.1. The monoisotopic (exact) mass is 342 g/mol. The molecule has 0 bridgehead atoms. The standard InChI is InChI=1S/C18H22N4O3/c1-2-21(11-13-8-9-25-12-13)18(24)15-10-16(17(19)23)22(20-15)14-6-4-3-5-7-14/h3-7,10,13H,2,8-9,11-12H2,1H3,(H2,19,23)/t13-/m1/s1. The Hall–Kier alpha value is -2.67. The van der Waals surface area contributed by atoms with E-state index in [1.165, 1.54) is 10.7 Å². The zero-order valence-electron chi connectivity index (χ0n) is 14.2. The van der Waals surface area contributed by atoms with Crippen molar-refractivity contribution in [3.05, 3.63) is 47.8 Å². The molecule has 2 heterocycles. The average molecular weight is 342 g/mol. The SMILES string of the molecule is CCN(C[C@H]1CCOC1)C(=O)c1cc(C(N)=O)n(-c2ccccc2)n1. The van der Waals surface area contributed by atoms with Gasteiger partial charge in [-0.15, -0.1) is 0 Å². The molecule has 1 atom stereocenters. The van der Waals surface area contributed by atoms with Crippen LogP contribution in [0.5, 0.6) is 0 Å². The number of nitrogens with two attached hydrogens (primary N) is 1. The minimum Gasteiger partial charge on any atom is -0.381 e. The Morgan fingerprint density at radius 3 is 2.72 bits per heavy atom. The van der Waals surface area contributed by atoms with E-state index in [4.69, 9.17) is 10.5 Å². The molecule has 0 aliphatic carbocycles. The molecule has 1 aromatic heterocycles. The number of benzene rings is 1. The first-order valence-corrected chi connectivity index (χ1v) is 8.42. The molecule has 2 amide bonds. The molecule has 0 radical (unpaired) electrons. The number of carbonyl (C=O) groups excluding carboxylic acids is 2. The minimum atomic E-state index is -0.623. The summed E-state index contributed by atoms with van der Waals surface area (Å²) in [4.78, 5) is 26.3. The third-order valence-corrected chi connectivity index (χ3v) is 4.35. The van der Waals surface area contributed by atoms with Crippen molar-refractivity contribution in [3.63, 3.8) is 0 Å². The number of rotatable bonds is 6. The van der Waals surface area contributed by atoms with Gasteiger partial charge in [0.05, 0.1) is 12.3 Å². The van der Waals surface area contributed by atoms with Crippen molar-refractivity contribution in [2.75, 3.05) is 26.3 Å². The maximum atomic E-state index is 12.8. The van der Waals surface area contributed by atoms with Gasteiger partial charge in [0.2, 0.25) is 0 Å². The number of aromatic nitrogens is 2. The molecule has 1 aliphatic heterocycles. The number of primary amides is 1. The van der Waals surface area contributed by atoms with Crippen LogP contribution in [0, 0.1) is 5.92 Å². The van der Waals surface area contributed by atoms with Gasteiger partial charge >= 0.3 is 0 Å². The van der Waals surface area contributed by atoms with Crippen LogP contribution in [-0.4, -0.2) is 52.8 Å². The van der Waals surface area contributed by atoms with E-state index >= 15 is 0 Å². The molecule has 132 valence electrons. The third kappa shape index (κ3) is 3.71. The predicted octanol–water partition coefficient (Wildman–Crippen LogP) is 1.47. The lowest BCUT2D eigenvalue weighted by molar-refractivity contribution is 0.0724. The Morgan fingerprint density at radius 1 is 1.36 bits per heavy atom. The van der Waals surface area contributed by atoms with Crippen LogP contribution < -0.4 is 5.73 Å². The number of hydrogen-bond donors (Lipinski definition) is 1. The molecule has 0 saturated carbocycles. The van der Waals surface area contributed by atoms with E-state index in [0.717, 1.165) is 13.0 Å². The summed E-state index contributed by atoms with van der Waals surface area (Å²) in [5, 5.41) is 4.34. The van der Waals surface area contributed by atoms with Gasteiger partial charge in [-0.05, 0) is 25.5 Å². The van der Waals surface area contributed by atoms with E-state index in [1.54, 1.807) is 17.0 Å². The number of carbonyl (C=O) groups is 2. The summed E-state index contributed by atoms with van der Waals surface area (Å²) in [6, 6.07) is 10.6. The molecule has 25 heavy (non-hydrogen) atoms. The topological polar surface area (TPSA) is 90.5 Å². The highest BCUT2D eigenvalue weighted by Gasteiger charge is 2.25. The van der Waals surface area contributed by atoms with Crippen LogP contribution in [0.4, 0.5) is 0 Å². The van der Waals surface area contributed by atoms with Crippen molar-refractivity contribution in [1.82, 2.24) is 14.7 Å². The Balaban J connectivity index is 1.88. The molecular weight excluding hydrogens is 320 g/mol. The van der Waals surface area contributed by atoms with Gasteiger partial charge in [0.15, 0.2) is 5.69 Å². The molecule has 2 N–H and O–H groups in total. The van der Waals surface area contributed by atoms with Crippen molar-refractivity contribution in [1.29, 1.82) is 0 Å². The van der Waals surface area contributed by atoms with Crippen LogP contribution in [0.3, 0.4) is 0 Å². The molecule has 2 aromatic rings. The molecule has 1 saturated heterocycles. The second-order valence-electron chi connectivity index (χ2n) is 6.10. The van der Waals surface area contributed by atoms with Crippen LogP contribution in [-0.2, 0) is 4.74 Å². The largest absolute Gasteiger partial charge is 0.381 e. The summed E-state index contributed by atoms with van der Waals surface area (Å²) in [7, 11) is 0. The van der Waals surface area contributed by atoms with Crippen LogP contribution in [0.15, 0.2) is 36.4 Å². The van der Waals surface area contributed by atoms with E-state index < -0.39 is 5.91 Å². The predicted molar refractivity (Wildman–Crippen MR) is 92.6 cm³/mol. The second-order valence-corrected chi connectivity index (χ2v) is 6.10. The lowest BCUT2D eigenvalue weighted by Gasteiger charge is -2.22. The van der Waals surface area contributed by atoms with Gasteiger partial charge in [-0.3, -0.25) is 9.59 Å². The summed E-state index contributed by atoms with van der Waals surface area (Å²) >= 11 is 0. The second kappa shape index (κ2) is 7.48. The lowest BCUT2D eigenvalue weighted by Crippen LogP contribution is -2.35. The van der Waals surface area contributed by atoms with Gasteiger partial charge < -0.3 is 15.4 Å². The van der Waals surface area contributed by atoms with E-state index in [1.807, 2.05) is 25.1 Å². The number of ether oxygens (including phenoxy) is 1. The fourth-order valence-corrected chi connectivity index (χ4v) is 2.98. The van der Waals surface area contributed by atoms with Crippen molar-refractivity contribution in [3.8, 4) is 5.69 Å². The molecular formula is C18H22N4O3. The first-order valence-electron chi connectivity index (χ1n) is 8.42. The Bertz CT molecular complexity index is 751. The number of para-hydroxylation sites is 1.